The molecule has 2 N–H and O–H groups in total. The highest BCUT2D eigenvalue weighted by atomic mass is 16.5. The van der Waals surface area contributed by atoms with E-state index in [0.29, 0.717) is 6.42 Å². The van der Waals surface area contributed by atoms with E-state index in [0.717, 1.165) is 30.9 Å². The summed E-state index contributed by atoms with van der Waals surface area (Å²) in [7, 11) is 1.79. The van der Waals surface area contributed by atoms with Crippen LogP contribution in [0.5, 0.6) is 5.75 Å². The van der Waals surface area contributed by atoms with Crippen LogP contribution in [0.25, 0.3) is 0 Å². The zero-order valence-electron chi connectivity index (χ0n) is 11.0. The third-order valence-electron chi connectivity index (χ3n) is 3.15. The maximum atomic E-state index is 11.9. The van der Waals surface area contributed by atoms with E-state index in [1.54, 1.807) is 11.9 Å². The van der Waals surface area contributed by atoms with Crippen LogP contribution in [0.3, 0.4) is 0 Å². The van der Waals surface area contributed by atoms with Crippen LogP contribution >= 0.6 is 0 Å². The van der Waals surface area contributed by atoms with Crippen LogP contribution in [0.15, 0.2) is 18.2 Å². The number of hydrogen-bond donors (Lipinski definition) is 1. The fourth-order valence-electron chi connectivity index (χ4n) is 2.11. The molecule has 2 rings (SSSR count). The molecular formula is C14H20N2O2. The molecule has 1 atom stereocenters. The van der Waals surface area contributed by atoms with Crippen molar-refractivity contribution < 1.29 is 9.53 Å². The van der Waals surface area contributed by atoms with Gasteiger partial charge in [-0.15, -0.1) is 0 Å². The van der Waals surface area contributed by atoms with E-state index in [1.807, 2.05) is 25.1 Å². The maximum Gasteiger partial charge on any atom is 0.228 e. The Bertz CT molecular complexity index is 443. The number of aryl methyl sites for hydroxylation is 1. The summed E-state index contributed by atoms with van der Waals surface area (Å²) in [5, 5.41) is 0. The molecule has 0 spiro atoms. The molecule has 1 aliphatic rings. The molecular weight excluding hydrogens is 228 g/mol. The highest BCUT2D eigenvalue weighted by Gasteiger charge is 2.16. The second-order valence-electron chi connectivity index (χ2n) is 4.88. The average molecular weight is 248 g/mol. The molecule has 0 aromatic heterocycles. The van der Waals surface area contributed by atoms with Crippen LogP contribution in [0.2, 0.25) is 0 Å². The van der Waals surface area contributed by atoms with Gasteiger partial charge in [0, 0.05) is 25.2 Å². The van der Waals surface area contributed by atoms with Gasteiger partial charge in [-0.2, -0.15) is 0 Å². The lowest BCUT2D eigenvalue weighted by atomic mass is 10.1. The number of nitrogens with zero attached hydrogens (tertiary/aromatic N) is 1. The van der Waals surface area contributed by atoms with Gasteiger partial charge in [0.25, 0.3) is 0 Å². The van der Waals surface area contributed by atoms with Crippen molar-refractivity contribution in [3.05, 3.63) is 23.8 Å². The Balaban J connectivity index is 2.15. The molecule has 98 valence electrons. The number of amides is 1. The van der Waals surface area contributed by atoms with Gasteiger partial charge in [-0.1, -0.05) is 0 Å². The zero-order chi connectivity index (χ0) is 13.1. The fourth-order valence-corrected chi connectivity index (χ4v) is 2.11. The van der Waals surface area contributed by atoms with Gasteiger partial charge < -0.3 is 15.4 Å². The first-order chi connectivity index (χ1) is 8.58. The van der Waals surface area contributed by atoms with Crippen LogP contribution in [0.1, 0.15) is 25.3 Å². The van der Waals surface area contributed by atoms with Gasteiger partial charge in [-0.3, -0.25) is 4.79 Å². The number of carbonyl (C=O) groups is 1. The number of anilines is 1. The molecule has 1 aromatic rings. The van der Waals surface area contributed by atoms with Crippen LogP contribution in [0.4, 0.5) is 5.69 Å². The predicted octanol–water partition coefficient (Wildman–Crippen LogP) is 1.71. The van der Waals surface area contributed by atoms with Gasteiger partial charge >= 0.3 is 0 Å². The normalized spacial score (nSPS) is 15.5. The molecule has 0 fully saturated rings. The van der Waals surface area contributed by atoms with Crippen LogP contribution in [0, 0.1) is 0 Å². The number of fused-ring (bicyclic) bond motifs is 1. The molecule has 18 heavy (non-hydrogen) atoms. The highest BCUT2D eigenvalue weighted by Crippen LogP contribution is 2.29. The van der Waals surface area contributed by atoms with Gasteiger partial charge in [0.2, 0.25) is 5.91 Å². The largest absolute Gasteiger partial charge is 0.493 e. The molecule has 1 heterocycles. The molecule has 4 heteroatoms. The van der Waals surface area contributed by atoms with Crippen molar-refractivity contribution >= 4 is 11.6 Å². The summed E-state index contributed by atoms with van der Waals surface area (Å²) < 4.78 is 5.56. The van der Waals surface area contributed by atoms with Crippen molar-refractivity contribution in [2.45, 2.75) is 32.2 Å². The van der Waals surface area contributed by atoms with Crippen molar-refractivity contribution in [2.75, 3.05) is 18.6 Å². The quantitative estimate of drug-likeness (QED) is 0.886. The Morgan fingerprint density at radius 3 is 3.06 bits per heavy atom. The van der Waals surface area contributed by atoms with Crippen molar-refractivity contribution in [1.82, 2.24) is 0 Å². The molecule has 1 aliphatic heterocycles. The predicted molar refractivity (Wildman–Crippen MR) is 71.9 cm³/mol. The molecule has 1 unspecified atom stereocenters. The lowest BCUT2D eigenvalue weighted by molar-refractivity contribution is -0.118. The first-order valence-electron chi connectivity index (χ1n) is 6.36. The molecule has 0 aliphatic carbocycles. The molecule has 0 saturated carbocycles. The number of hydrogen-bond acceptors (Lipinski definition) is 3. The monoisotopic (exact) mass is 248 g/mol. The van der Waals surface area contributed by atoms with Crippen molar-refractivity contribution in [2.24, 2.45) is 5.73 Å². The summed E-state index contributed by atoms with van der Waals surface area (Å²) in [6.07, 6.45) is 2.41. The van der Waals surface area contributed by atoms with Crippen molar-refractivity contribution in [1.29, 1.82) is 0 Å². The number of carbonyl (C=O) groups excluding carboxylic acids is 1. The molecule has 4 nitrogen and oxygen atoms in total. The standard InChI is InChI=1S/C14H20N2O2/c1-10(15)8-14(17)16(2)12-5-6-13-11(9-12)4-3-7-18-13/h5-6,9-10H,3-4,7-8,15H2,1-2H3. The van der Waals surface area contributed by atoms with E-state index in [2.05, 4.69) is 0 Å². The molecule has 0 radical (unpaired) electrons. The number of rotatable bonds is 3. The summed E-state index contributed by atoms with van der Waals surface area (Å²) in [4.78, 5) is 13.6. The lowest BCUT2D eigenvalue weighted by Crippen LogP contribution is -2.31. The first kappa shape index (κ1) is 12.9. The van der Waals surface area contributed by atoms with E-state index in [-0.39, 0.29) is 11.9 Å². The molecule has 0 bridgehead atoms. The van der Waals surface area contributed by atoms with E-state index < -0.39 is 0 Å². The Hall–Kier alpha value is -1.55. The van der Waals surface area contributed by atoms with Gasteiger partial charge in [0.15, 0.2) is 0 Å². The van der Waals surface area contributed by atoms with E-state index in [1.165, 1.54) is 5.56 Å². The van der Waals surface area contributed by atoms with E-state index >= 15 is 0 Å². The smallest absolute Gasteiger partial charge is 0.228 e. The second-order valence-corrected chi connectivity index (χ2v) is 4.88. The lowest BCUT2D eigenvalue weighted by Gasteiger charge is -2.22. The molecule has 1 amide bonds. The Kier molecular flexibility index (Phi) is 3.87. The maximum absolute atomic E-state index is 11.9. The first-order valence-corrected chi connectivity index (χ1v) is 6.36. The van der Waals surface area contributed by atoms with Crippen LogP contribution < -0.4 is 15.4 Å². The van der Waals surface area contributed by atoms with E-state index in [9.17, 15) is 4.79 Å². The van der Waals surface area contributed by atoms with Gasteiger partial charge in [0.05, 0.1) is 6.61 Å². The highest BCUT2D eigenvalue weighted by molar-refractivity contribution is 5.93. The fraction of sp³-hybridized carbons (Fsp3) is 0.500. The second kappa shape index (κ2) is 5.40. The molecule has 0 saturated heterocycles. The van der Waals surface area contributed by atoms with Crippen molar-refractivity contribution in [3.8, 4) is 5.75 Å². The Morgan fingerprint density at radius 2 is 2.33 bits per heavy atom. The van der Waals surface area contributed by atoms with Gasteiger partial charge in [-0.25, -0.2) is 0 Å². The minimum Gasteiger partial charge on any atom is -0.493 e. The molecule has 1 aromatic carbocycles. The summed E-state index contributed by atoms with van der Waals surface area (Å²) in [6, 6.07) is 5.79. The minimum atomic E-state index is -0.110. The summed E-state index contributed by atoms with van der Waals surface area (Å²) in [5.74, 6) is 0.986. The average Bonchev–Trinajstić information content (AvgIpc) is 2.36. The number of nitrogens with two attached hydrogens (primary N) is 1. The third kappa shape index (κ3) is 2.82. The van der Waals surface area contributed by atoms with Crippen LogP contribution in [-0.2, 0) is 11.2 Å². The third-order valence-corrected chi connectivity index (χ3v) is 3.15. The van der Waals surface area contributed by atoms with Crippen LogP contribution in [-0.4, -0.2) is 25.6 Å². The summed E-state index contributed by atoms with van der Waals surface area (Å²) in [5.41, 5.74) is 7.74. The summed E-state index contributed by atoms with van der Waals surface area (Å²) >= 11 is 0. The number of benzene rings is 1. The van der Waals surface area contributed by atoms with E-state index in [4.69, 9.17) is 10.5 Å². The number of ether oxygens (including phenoxy) is 1. The van der Waals surface area contributed by atoms with Crippen molar-refractivity contribution in [3.63, 3.8) is 0 Å². The SMILES string of the molecule is CC(N)CC(=O)N(C)c1ccc2c(c1)CCCO2. The van der Waals surface area contributed by atoms with Gasteiger partial charge in [0.1, 0.15) is 5.75 Å². The minimum absolute atomic E-state index is 0.0432. The Labute approximate surface area is 108 Å². The topological polar surface area (TPSA) is 55.6 Å². The summed E-state index contributed by atoms with van der Waals surface area (Å²) in [6.45, 7) is 2.62. The van der Waals surface area contributed by atoms with Gasteiger partial charge in [-0.05, 0) is 43.5 Å². The Morgan fingerprint density at radius 1 is 1.56 bits per heavy atom. The zero-order valence-corrected chi connectivity index (χ0v) is 11.0.